The molecule has 3 aromatic carbocycles. The van der Waals surface area contributed by atoms with Crippen molar-refractivity contribution in [2.45, 2.75) is 6.92 Å². The normalized spacial score (nSPS) is 12.0. The molecule has 0 aliphatic heterocycles. The minimum atomic E-state index is -0.435. The molecule has 0 unspecified atom stereocenters. The van der Waals surface area contributed by atoms with Crippen LogP contribution in [0.4, 0.5) is 5.69 Å². The molecule has 2 aromatic heterocycles. The van der Waals surface area contributed by atoms with E-state index in [1.807, 2.05) is 99.5 Å². The summed E-state index contributed by atoms with van der Waals surface area (Å²) in [6.07, 6.45) is 3.46. The second-order valence-corrected chi connectivity index (χ2v) is 12.1. The SMILES string of the molecule is Cc1nc(-n2nc(-c3ccccc3)cc2-c2ccccc2)sc1C(/C=C\c1cccc([N+](=O)[O-])c1)=N/NC(=O)C[N+](C)(C)C. The number of hydrazone groups is 1. The van der Waals surface area contributed by atoms with E-state index in [4.69, 9.17) is 10.1 Å². The average molecular weight is 607 g/mol. The molecule has 44 heavy (non-hydrogen) atoms. The molecule has 0 saturated heterocycles. The minimum absolute atomic E-state index is 0.0144. The number of non-ortho nitro benzene ring substituents is 1. The minimum Gasteiger partial charge on any atom is -0.323 e. The number of quaternary nitrogens is 1. The fraction of sp³-hybridized carbons (Fsp3) is 0.152. The lowest BCUT2D eigenvalue weighted by Gasteiger charge is -2.22. The standard InChI is InChI=1S/C33H31N7O3S/c1-23-32(28(35-36-31(41)22-40(2,3)4)19-18-24-12-11-17-27(20-24)39(42)43)44-33(34-23)38-30(26-15-9-6-10-16-26)21-29(37-38)25-13-7-5-8-14-25/h5-21H,22H2,1-4H3/p+1/b19-18-,35-28+. The zero-order chi connectivity index (χ0) is 31.3. The Morgan fingerprint density at radius 3 is 2.34 bits per heavy atom. The largest absolute Gasteiger partial charge is 0.323 e. The average Bonchev–Trinajstić information content (AvgIpc) is 3.61. The Hall–Kier alpha value is -5.26. The molecule has 0 aliphatic rings. The molecule has 0 atom stereocenters. The zero-order valence-corrected chi connectivity index (χ0v) is 25.7. The van der Waals surface area contributed by atoms with Crippen LogP contribution in [-0.2, 0) is 4.79 Å². The summed E-state index contributed by atoms with van der Waals surface area (Å²) >= 11 is 1.39. The Morgan fingerprint density at radius 2 is 1.68 bits per heavy atom. The number of allylic oxidation sites excluding steroid dienone is 1. The van der Waals surface area contributed by atoms with Crippen molar-refractivity contribution in [3.8, 4) is 27.6 Å². The molecule has 0 fully saturated rings. The van der Waals surface area contributed by atoms with Crippen LogP contribution in [-0.4, -0.2) is 63.5 Å². The predicted molar refractivity (Wildman–Crippen MR) is 175 cm³/mol. The molecule has 0 bridgehead atoms. The highest BCUT2D eigenvalue weighted by Crippen LogP contribution is 2.31. The van der Waals surface area contributed by atoms with Crippen molar-refractivity contribution in [1.29, 1.82) is 0 Å². The maximum atomic E-state index is 12.7. The van der Waals surface area contributed by atoms with Gasteiger partial charge in [-0.15, -0.1) is 0 Å². The number of rotatable bonds is 10. The van der Waals surface area contributed by atoms with Crippen molar-refractivity contribution in [3.63, 3.8) is 0 Å². The van der Waals surface area contributed by atoms with Gasteiger partial charge in [-0.3, -0.25) is 14.9 Å². The van der Waals surface area contributed by atoms with E-state index in [0.29, 0.717) is 26.6 Å². The number of carbonyl (C=O) groups excluding carboxylic acids is 1. The second-order valence-electron chi connectivity index (χ2n) is 11.1. The summed E-state index contributed by atoms with van der Waals surface area (Å²) in [4.78, 5) is 29.1. The van der Waals surface area contributed by atoms with Crippen molar-refractivity contribution < 1.29 is 14.2 Å². The molecular formula is C33H32N7O3S+. The number of aryl methyl sites for hydroxylation is 1. The molecule has 0 radical (unpaired) electrons. The van der Waals surface area contributed by atoms with Gasteiger partial charge in [-0.25, -0.2) is 15.1 Å². The molecule has 0 saturated carbocycles. The molecule has 5 rings (SSSR count). The van der Waals surface area contributed by atoms with Gasteiger partial charge in [0.25, 0.3) is 11.6 Å². The zero-order valence-electron chi connectivity index (χ0n) is 24.8. The van der Waals surface area contributed by atoms with Crippen LogP contribution in [0.25, 0.3) is 33.7 Å². The highest BCUT2D eigenvalue weighted by Gasteiger charge is 2.20. The Balaban J connectivity index is 1.57. The number of nitrogens with one attached hydrogen (secondary N) is 1. The molecule has 0 spiro atoms. The summed E-state index contributed by atoms with van der Waals surface area (Å²) in [7, 11) is 5.76. The maximum absolute atomic E-state index is 12.7. The predicted octanol–water partition coefficient (Wildman–Crippen LogP) is 6.12. The Morgan fingerprint density at radius 1 is 1.00 bits per heavy atom. The van der Waals surface area contributed by atoms with E-state index in [2.05, 4.69) is 10.5 Å². The van der Waals surface area contributed by atoms with Crippen molar-refractivity contribution >= 4 is 34.7 Å². The number of nitrogens with zero attached hydrogens (tertiary/aromatic N) is 6. The molecule has 10 nitrogen and oxygen atoms in total. The lowest BCUT2D eigenvalue weighted by Crippen LogP contribution is -2.43. The Labute approximate surface area is 259 Å². The fourth-order valence-electron chi connectivity index (χ4n) is 4.47. The number of amides is 1. The third-order valence-electron chi connectivity index (χ3n) is 6.48. The van der Waals surface area contributed by atoms with Crippen molar-refractivity contribution in [2.24, 2.45) is 5.10 Å². The number of benzene rings is 3. The summed E-state index contributed by atoms with van der Waals surface area (Å²) < 4.78 is 2.27. The number of thiazole rings is 1. The van der Waals surface area contributed by atoms with E-state index in [9.17, 15) is 14.9 Å². The molecular weight excluding hydrogens is 574 g/mol. The molecule has 2 heterocycles. The second kappa shape index (κ2) is 12.9. The summed E-state index contributed by atoms with van der Waals surface area (Å²) in [5.74, 6) is -0.243. The first-order valence-electron chi connectivity index (χ1n) is 13.9. The molecule has 1 N–H and O–H groups in total. The van der Waals surface area contributed by atoms with E-state index < -0.39 is 4.92 Å². The van der Waals surface area contributed by atoms with Gasteiger partial charge >= 0.3 is 0 Å². The maximum Gasteiger partial charge on any atom is 0.295 e. The van der Waals surface area contributed by atoms with Crippen molar-refractivity contribution in [3.05, 3.63) is 123 Å². The lowest BCUT2D eigenvalue weighted by atomic mass is 10.1. The molecule has 1 amide bonds. The van der Waals surface area contributed by atoms with Gasteiger partial charge in [0.05, 0.1) is 48.0 Å². The van der Waals surface area contributed by atoms with E-state index in [1.165, 1.54) is 23.5 Å². The number of hydrogen-bond donors (Lipinski definition) is 1. The van der Waals surface area contributed by atoms with Gasteiger partial charge in [0.1, 0.15) is 5.71 Å². The number of hydrogen-bond acceptors (Lipinski definition) is 7. The number of aromatic nitrogens is 3. The molecule has 11 heteroatoms. The monoisotopic (exact) mass is 606 g/mol. The van der Waals surface area contributed by atoms with E-state index in [1.54, 1.807) is 24.3 Å². The van der Waals surface area contributed by atoms with Crippen LogP contribution in [0, 0.1) is 17.0 Å². The van der Waals surface area contributed by atoms with Crippen LogP contribution in [0.1, 0.15) is 16.1 Å². The molecule has 0 aliphatic carbocycles. The number of carbonyl (C=O) groups is 1. The third kappa shape index (κ3) is 7.38. The van der Waals surface area contributed by atoms with Crippen LogP contribution >= 0.6 is 11.3 Å². The number of nitro benzene ring substituents is 1. The van der Waals surface area contributed by atoms with Gasteiger partial charge < -0.3 is 4.48 Å². The van der Waals surface area contributed by atoms with E-state index in [-0.39, 0.29) is 18.1 Å². The van der Waals surface area contributed by atoms with E-state index >= 15 is 0 Å². The summed E-state index contributed by atoms with van der Waals surface area (Å²) in [6, 6.07) is 28.3. The van der Waals surface area contributed by atoms with E-state index in [0.717, 1.165) is 27.4 Å². The fourth-order valence-corrected chi connectivity index (χ4v) is 5.47. The van der Waals surface area contributed by atoms with Gasteiger partial charge in [-0.1, -0.05) is 90.2 Å². The van der Waals surface area contributed by atoms with Crippen LogP contribution < -0.4 is 5.43 Å². The van der Waals surface area contributed by atoms with Gasteiger partial charge in [0.2, 0.25) is 5.13 Å². The van der Waals surface area contributed by atoms with Crippen molar-refractivity contribution in [2.75, 3.05) is 27.7 Å². The van der Waals surface area contributed by atoms with Crippen LogP contribution in [0.15, 0.2) is 102 Å². The first-order valence-corrected chi connectivity index (χ1v) is 14.7. The number of likely N-dealkylation sites (N-methyl/N-ethyl adjacent to an activating group) is 1. The van der Waals surface area contributed by atoms with Crippen LogP contribution in [0.3, 0.4) is 0 Å². The first-order chi connectivity index (χ1) is 21.1. The highest BCUT2D eigenvalue weighted by molar-refractivity contribution is 7.16. The Kier molecular flexibility index (Phi) is 8.88. The van der Waals surface area contributed by atoms with Gasteiger partial charge in [0.15, 0.2) is 6.54 Å². The van der Waals surface area contributed by atoms with Gasteiger partial charge in [-0.05, 0) is 24.6 Å². The van der Waals surface area contributed by atoms with Gasteiger partial charge in [-0.2, -0.15) is 10.2 Å². The summed E-state index contributed by atoms with van der Waals surface area (Å²) in [5, 5.41) is 21.4. The topological polar surface area (TPSA) is 115 Å². The lowest BCUT2D eigenvalue weighted by molar-refractivity contribution is -0.862. The summed E-state index contributed by atoms with van der Waals surface area (Å²) in [6.45, 7) is 2.11. The van der Waals surface area contributed by atoms with Crippen molar-refractivity contribution in [1.82, 2.24) is 20.2 Å². The van der Waals surface area contributed by atoms with Crippen LogP contribution in [0.2, 0.25) is 0 Å². The third-order valence-corrected chi connectivity index (χ3v) is 7.64. The first kappa shape index (κ1) is 30.2. The molecule has 5 aromatic rings. The van der Waals surface area contributed by atoms with Crippen LogP contribution in [0.5, 0.6) is 0 Å². The Bertz CT molecular complexity index is 1850. The smallest absolute Gasteiger partial charge is 0.295 e. The summed E-state index contributed by atoms with van der Waals surface area (Å²) in [5.41, 5.74) is 8.11. The van der Waals surface area contributed by atoms with Gasteiger partial charge in [0, 0.05) is 23.3 Å². The number of nitro groups is 1. The molecule has 222 valence electrons. The highest BCUT2D eigenvalue weighted by atomic mass is 32.1. The quantitative estimate of drug-likeness (QED) is 0.0890.